The molecule has 3 heterocycles. The van der Waals surface area contributed by atoms with Gasteiger partial charge in [0.15, 0.2) is 0 Å². The Hall–Kier alpha value is -2.90. The van der Waals surface area contributed by atoms with Gasteiger partial charge in [-0.25, -0.2) is 18.0 Å². The minimum atomic E-state index is -4.96. The summed E-state index contributed by atoms with van der Waals surface area (Å²) in [6.45, 7) is -1.08. The summed E-state index contributed by atoms with van der Waals surface area (Å²) in [5, 5.41) is 6.53. The lowest BCUT2D eigenvalue weighted by Gasteiger charge is -2.28. The van der Waals surface area contributed by atoms with Crippen LogP contribution in [0.15, 0.2) is 18.2 Å². The summed E-state index contributed by atoms with van der Waals surface area (Å²) in [6, 6.07) is 1.16. The summed E-state index contributed by atoms with van der Waals surface area (Å²) in [7, 11) is 0. The Labute approximate surface area is 200 Å². The zero-order valence-electron chi connectivity index (χ0n) is 18.7. The summed E-state index contributed by atoms with van der Waals surface area (Å²) in [4.78, 5) is 13.9. The molecule has 2 amide bonds. The first-order chi connectivity index (χ1) is 16.8. The monoisotopic (exact) mass is 526 g/mol. The number of fused-ring (bicyclic) bond motifs is 3. The van der Waals surface area contributed by atoms with Crippen molar-refractivity contribution in [3.8, 4) is 0 Å². The van der Waals surface area contributed by atoms with Crippen LogP contribution in [0.25, 0.3) is 0 Å². The predicted octanol–water partition coefficient (Wildman–Crippen LogP) is 5.41. The minimum Gasteiger partial charge on any atom is -0.375 e. The number of nitrogens with one attached hydrogen (secondary N) is 1. The fourth-order valence-corrected chi connectivity index (χ4v) is 4.46. The van der Waals surface area contributed by atoms with Gasteiger partial charge in [0, 0.05) is 43.1 Å². The van der Waals surface area contributed by atoms with Gasteiger partial charge in [-0.15, -0.1) is 0 Å². The molecule has 2 aromatic rings. The van der Waals surface area contributed by atoms with Gasteiger partial charge in [-0.2, -0.15) is 27.1 Å². The van der Waals surface area contributed by atoms with E-state index in [-0.39, 0.29) is 56.0 Å². The molecule has 2 aliphatic heterocycles. The number of urea groups is 1. The standard InChI is InChI=1S/C22H22F8N4O2/c23-16-2-1-13(7-15(16)22(28,29)30)31-20(35)33-6-4-17-14(9-33)19-21(26,27)5-3-12(8-34(19)32-17)10-36-11-18(24)25/h1-2,7,12,18H,3-6,8-11H2,(H,31,35)/t12-/m0/s1. The molecule has 6 nitrogen and oxygen atoms in total. The third-order valence-corrected chi connectivity index (χ3v) is 6.15. The maximum Gasteiger partial charge on any atom is 0.419 e. The molecule has 0 unspecified atom stereocenters. The molecule has 0 radical (unpaired) electrons. The van der Waals surface area contributed by atoms with E-state index in [0.717, 1.165) is 15.6 Å². The zero-order chi connectivity index (χ0) is 26.3. The van der Waals surface area contributed by atoms with Crippen LogP contribution in [0.2, 0.25) is 0 Å². The highest BCUT2D eigenvalue weighted by Crippen LogP contribution is 2.42. The lowest BCUT2D eigenvalue weighted by atomic mass is 9.98. The van der Waals surface area contributed by atoms with Gasteiger partial charge >= 0.3 is 12.2 Å². The predicted molar refractivity (Wildman–Crippen MR) is 110 cm³/mol. The number of halogens is 8. The van der Waals surface area contributed by atoms with E-state index in [9.17, 15) is 31.1 Å². The molecule has 198 valence electrons. The number of nitrogens with zero attached hydrogens (tertiary/aromatic N) is 3. The first-order valence-electron chi connectivity index (χ1n) is 11.1. The maximum absolute atomic E-state index is 15.1. The molecule has 1 aromatic carbocycles. The number of carbonyl (C=O) groups is 1. The topological polar surface area (TPSA) is 59.4 Å². The lowest BCUT2D eigenvalue weighted by molar-refractivity contribution is -0.139. The molecular formula is C22H22F8N4O2. The number of hydrogen-bond acceptors (Lipinski definition) is 3. The number of rotatable bonds is 5. The second-order valence-corrected chi connectivity index (χ2v) is 8.79. The van der Waals surface area contributed by atoms with Crippen molar-refractivity contribution >= 4 is 11.7 Å². The van der Waals surface area contributed by atoms with Crippen LogP contribution in [0.4, 0.5) is 45.6 Å². The van der Waals surface area contributed by atoms with Gasteiger partial charge in [0.25, 0.3) is 12.3 Å². The van der Waals surface area contributed by atoms with Crippen LogP contribution in [0.3, 0.4) is 0 Å². The molecule has 0 saturated carbocycles. The molecule has 14 heteroatoms. The Morgan fingerprint density at radius 2 is 2.03 bits per heavy atom. The van der Waals surface area contributed by atoms with Crippen molar-refractivity contribution in [2.24, 2.45) is 5.92 Å². The Balaban J connectivity index is 1.51. The molecule has 4 rings (SSSR count). The van der Waals surface area contributed by atoms with Crippen LogP contribution in [0.1, 0.15) is 35.4 Å². The van der Waals surface area contributed by atoms with Crippen molar-refractivity contribution < 1.29 is 44.7 Å². The highest BCUT2D eigenvalue weighted by molar-refractivity contribution is 5.89. The quantitative estimate of drug-likeness (QED) is 0.530. The van der Waals surface area contributed by atoms with Crippen molar-refractivity contribution in [3.63, 3.8) is 0 Å². The summed E-state index contributed by atoms with van der Waals surface area (Å²) < 4.78 is 113. The van der Waals surface area contributed by atoms with Crippen molar-refractivity contribution in [1.82, 2.24) is 14.7 Å². The van der Waals surface area contributed by atoms with Gasteiger partial charge in [-0.1, -0.05) is 0 Å². The summed E-state index contributed by atoms with van der Waals surface area (Å²) in [5.41, 5.74) is -1.71. The van der Waals surface area contributed by atoms with Crippen LogP contribution in [0.5, 0.6) is 0 Å². The molecule has 2 aliphatic rings. The molecule has 1 N–H and O–H groups in total. The average Bonchev–Trinajstić information content (AvgIpc) is 3.09. The number of benzene rings is 1. The number of ether oxygens (including phenoxy) is 1. The molecule has 0 bridgehead atoms. The van der Waals surface area contributed by atoms with Gasteiger partial charge in [-0.05, 0) is 24.6 Å². The van der Waals surface area contributed by atoms with Crippen molar-refractivity contribution in [2.45, 2.75) is 50.9 Å². The van der Waals surface area contributed by atoms with E-state index in [0.29, 0.717) is 17.8 Å². The zero-order valence-corrected chi connectivity index (χ0v) is 18.7. The van der Waals surface area contributed by atoms with Crippen LogP contribution in [0, 0.1) is 11.7 Å². The summed E-state index contributed by atoms with van der Waals surface area (Å²) in [6.07, 6.45) is -8.05. The Bertz CT molecular complexity index is 1120. The highest BCUT2D eigenvalue weighted by atomic mass is 19.4. The Morgan fingerprint density at radius 1 is 1.28 bits per heavy atom. The van der Waals surface area contributed by atoms with Crippen LogP contribution < -0.4 is 5.32 Å². The minimum absolute atomic E-state index is 0.0185. The first kappa shape index (κ1) is 26.2. The summed E-state index contributed by atoms with van der Waals surface area (Å²) >= 11 is 0. The normalized spacial score (nSPS) is 19.6. The number of anilines is 1. The van der Waals surface area contributed by atoms with E-state index in [1.54, 1.807) is 0 Å². The van der Waals surface area contributed by atoms with E-state index in [1.165, 1.54) is 0 Å². The molecule has 1 atom stereocenters. The Morgan fingerprint density at radius 3 is 2.72 bits per heavy atom. The average molecular weight is 526 g/mol. The van der Waals surface area contributed by atoms with Crippen molar-refractivity contribution in [3.05, 3.63) is 46.5 Å². The number of hydrogen-bond donors (Lipinski definition) is 1. The van der Waals surface area contributed by atoms with Gasteiger partial charge < -0.3 is 15.0 Å². The lowest BCUT2D eigenvalue weighted by Crippen LogP contribution is -2.39. The summed E-state index contributed by atoms with van der Waals surface area (Å²) in [5.74, 6) is -5.25. The fraction of sp³-hybridized carbons (Fsp3) is 0.545. The SMILES string of the molecule is O=C(Nc1ccc(F)c(C(F)(F)F)c1)N1CCc2nn3c(c2C1)C(F)(F)CC[C@H](COCC(F)F)C3. The van der Waals surface area contributed by atoms with E-state index < -0.39 is 54.9 Å². The molecule has 0 aliphatic carbocycles. The van der Waals surface area contributed by atoms with Crippen molar-refractivity contribution in [1.29, 1.82) is 0 Å². The molecule has 1 aromatic heterocycles. The van der Waals surface area contributed by atoms with Gasteiger partial charge in [-0.3, -0.25) is 4.68 Å². The second-order valence-electron chi connectivity index (χ2n) is 8.79. The van der Waals surface area contributed by atoms with Crippen LogP contribution >= 0.6 is 0 Å². The van der Waals surface area contributed by atoms with E-state index in [4.69, 9.17) is 4.74 Å². The first-order valence-corrected chi connectivity index (χ1v) is 11.1. The van der Waals surface area contributed by atoms with E-state index >= 15 is 8.78 Å². The largest absolute Gasteiger partial charge is 0.419 e. The van der Waals surface area contributed by atoms with Crippen LogP contribution in [-0.2, 0) is 36.3 Å². The fourth-order valence-electron chi connectivity index (χ4n) is 4.46. The van der Waals surface area contributed by atoms with E-state index in [1.807, 2.05) is 0 Å². The van der Waals surface area contributed by atoms with Crippen molar-refractivity contribution in [2.75, 3.05) is 25.1 Å². The van der Waals surface area contributed by atoms with Gasteiger partial charge in [0.05, 0.1) is 24.4 Å². The third-order valence-electron chi connectivity index (χ3n) is 6.15. The second kappa shape index (κ2) is 9.87. The number of amides is 2. The molecule has 36 heavy (non-hydrogen) atoms. The molecule has 0 spiro atoms. The smallest absolute Gasteiger partial charge is 0.375 e. The van der Waals surface area contributed by atoms with Crippen LogP contribution in [-0.4, -0.2) is 46.9 Å². The van der Waals surface area contributed by atoms with Gasteiger partial charge in [0.1, 0.15) is 18.1 Å². The third kappa shape index (κ3) is 5.57. The highest BCUT2D eigenvalue weighted by Gasteiger charge is 2.44. The maximum atomic E-state index is 15.1. The van der Waals surface area contributed by atoms with E-state index in [2.05, 4.69) is 10.4 Å². The molecular weight excluding hydrogens is 504 g/mol. The number of aromatic nitrogens is 2. The Kier molecular flexibility index (Phi) is 7.17. The number of alkyl halides is 7. The molecule has 0 saturated heterocycles. The van der Waals surface area contributed by atoms with Gasteiger partial charge in [0.2, 0.25) is 0 Å². The number of carbonyl (C=O) groups excluding carboxylic acids is 1. The molecule has 0 fully saturated rings.